The van der Waals surface area contributed by atoms with Crippen LogP contribution in [0.15, 0.2) is 21.1 Å². The molecule has 1 aliphatic rings. The fraction of sp³-hybridized carbons (Fsp3) is 0.550. The van der Waals surface area contributed by atoms with Gasteiger partial charge in [0.15, 0.2) is 6.61 Å². The molecule has 7 nitrogen and oxygen atoms in total. The van der Waals surface area contributed by atoms with Crippen molar-refractivity contribution in [3.8, 4) is 5.75 Å². The van der Waals surface area contributed by atoms with E-state index in [1.54, 1.807) is 0 Å². The number of halogens is 2. The Balaban J connectivity index is 1.99. The summed E-state index contributed by atoms with van der Waals surface area (Å²) in [6.07, 6.45) is 0.581. The lowest BCUT2D eigenvalue weighted by Crippen LogP contribution is -2.58. The minimum Gasteiger partial charge on any atom is -0.482 e. The molecular weight excluding hydrogens is 508 g/mol. The van der Waals surface area contributed by atoms with E-state index in [2.05, 4.69) is 37.2 Å². The highest BCUT2D eigenvalue weighted by atomic mass is 79.9. The van der Waals surface area contributed by atoms with Crippen LogP contribution >= 0.6 is 31.9 Å². The van der Waals surface area contributed by atoms with Crippen LogP contribution in [0.3, 0.4) is 0 Å². The van der Waals surface area contributed by atoms with Crippen LogP contribution in [0, 0.1) is 12.8 Å². The summed E-state index contributed by atoms with van der Waals surface area (Å²) in [5.74, 6) is -0.219. The molecule has 0 aromatic heterocycles. The number of esters is 1. The van der Waals surface area contributed by atoms with E-state index in [4.69, 9.17) is 9.47 Å². The second-order valence-electron chi connectivity index (χ2n) is 7.32. The number of carbonyl (C=O) groups is 3. The first kappa shape index (κ1) is 23.7. The summed E-state index contributed by atoms with van der Waals surface area (Å²) in [6.45, 7) is 6.68. The number of ether oxygens (including phenoxy) is 2. The number of piperazine rings is 1. The van der Waals surface area contributed by atoms with Gasteiger partial charge in [-0.15, -0.1) is 0 Å². The van der Waals surface area contributed by atoms with Crippen molar-refractivity contribution in [2.24, 2.45) is 5.92 Å². The highest BCUT2D eigenvalue weighted by molar-refractivity contribution is 9.11. The smallest absolute Gasteiger partial charge is 0.308 e. The summed E-state index contributed by atoms with van der Waals surface area (Å²) >= 11 is 6.83. The zero-order chi connectivity index (χ0) is 21.6. The van der Waals surface area contributed by atoms with Crippen LogP contribution in [0.1, 0.15) is 32.3 Å². The average molecular weight is 534 g/mol. The van der Waals surface area contributed by atoms with E-state index in [9.17, 15) is 14.4 Å². The lowest BCUT2D eigenvalue weighted by molar-refractivity contribution is -0.152. The van der Waals surface area contributed by atoms with Crippen LogP contribution < -0.4 is 10.1 Å². The van der Waals surface area contributed by atoms with Crippen molar-refractivity contribution in [1.82, 2.24) is 10.2 Å². The van der Waals surface area contributed by atoms with Crippen LogP contribution in [-0.4, -0.2) is 55.0 Å². The largest absolute Gasteiger partial charge is 0.482 e. The van der Waals surface area contributed by atoms with Gasteiger partial charge in [-0.05, 0) is 52.9 Å². The van der Waals surface area contributed by atoms with Gasteiger partial charge in [0, 0.05) is 17.6 Å². The number of rotatable bonds is 8. The third kappa shape index (κ3) is 6.99. The quantitative estimate of drug-likeness (QED) is 0.519. The Morgan fingerprint density at radius 3 is 2.69 bits per heavy atom. The van der Waals surface area contributed by atoms with Crippen molar-refractivity contribution >= 4 is 49.6 Å². The molecule has 1 unspecified atom stereocenters. The molecule has 1 aliphatic heterocycles. The summed E-state index contributed by atoms with van der Waals surface area (Å²) in [5.41, 5.74) is 0.862. The fourth-order valence-corrected chi connectivity index (χ4v) is 4.48. The predicted octanol–water partition coefficient (Wildman–Crippen LogP) is 3.21. The summed E-state index contributed by atoms with van der Waals surface area (Å²) < 4.78 is 12.5. The summed E-state index contributed by atoms with van der Waals surface area (Å²) in [6, 6.07) is 2.83. The number of nitrogens with one attached hydrogen (secondary N) is 1. The van der Waals surface area contributed by atoms with Crippen LogP contribution in [0.5, 0.6) is 5.75 Å². The maximum absolute atomic E-state index is 12.7. The minimum absolute atomic E-state index is 0.170. The van der Waals surface area contributed by atoms with Gasteiger partial charge in [-0.2, -0.15) is 0 Å². The zero-order valence-electron chi connectivity index (χ0n) is 16.8. The molecule has 1 fully saturated rings. The number of benzene rings is 1. The van der Waals surface area contributed by atoms with Gasteiger partial charge in [0.05, 0.1) is 17.5 Å². The van der Waals surface area contributed by atoms with Crippen molar-refractivity contribution in [2.75, 3.05) is 26.3 Å². The highest BCUT2D eigenvalue weighted by Crippen LogP contribution is 2.32. The van der Waals surface area contributed by atoms with Gasteiger partial charge in [0.1, 0.15) is 11.8 Å². The number of carbonyl (C=O) groups excluding carboxylic acids is 3. The van der Waals surface area contributed by atoms with E-state index in [1.807, 2.05) is 32.9 Å². The molecule has 2 rings (SSSR count). The van der Waals surface area contributed by atoms with Crippen molar-refractivity contribution < 1.29 is 23.9 Å². The first-order chi connectivity index (χ1) is 13.7. The first-order valence-corrected chi connectivity index (χ1v) is 11.1. The van der Waals surface area contributed by atoms with E-state index in [0.29, 0.717) is 31.4 Å². The van der Waals surface area contributed by atoms with Gasteiger partial charge in [-0.3, -0.25) is 14.4 Å². The maximum atomic E-state index is 12.7. The molecule has 1 N–H and O–H groups in total. The second-order valence-corrected chi connectivity index (χ2v) is 9.09. The van der Waals surface area contributed by atoms with Gasteiger partial charge in [0.25, 0.3) is 5.91 Å². The van der Waals surface area contributed by atoms with Crippen molar-refractivity contribution in [1.29, 1.82) is 0 Å². The van der Waals surface area contributed by atoms with Crippen molar-refractivity contribution in [2.45, 2.75) is 39.7 Å². The number of hydrogen-bond acceptors (Lipinski definition) is 5. The molecular formula is C20H26Br2N2O5. The van der Waals surface area contributed by atoms with E-state index in [1.165, 1.54) is 4.90 Å². The highest BCUT2D eigenvalue weighted by Gasteiger charge is 2.35. The Morgan fingerprint density at radius 1 is 1.31 bits per heavy atom. The molecule has 0 aliphatic carbocycles. The van der Waals surface area contributed by atoms with E-state index < -0.39 is 12.0 Å². The summed E-state index contributed by atoms with van der Waals surface area (Å²) in [4.78, 5) is 38.5. The van der Waals surface area contributed by atoms with Gasteiger partial charge in [0.2, 0.25) is 5.91 Å². The van der Waals surface area contributed by atoms with Crippen molar-refractivity contribution in [3.05, 3.63) is 26.6 Å². The molecule has 1 atom stereocenters. The molecule has 0 spiro atoms. The van der Waals surface area contributed by atoms with Gasteiger partial charge >= 0.3 is 5.97 Å². The lowest BCUT2D eigenvalue weighted by atomic mass is 10.1. The second kappa shape index (κ2) is 11.0. The summed E-state index contributed by atoms with van der Waals surface area (Å²) in [5, 5.41) is 2.70. The Hall–Kier alpha value is -1.61. The topological polar surface area (TPSA) is 84.9 Å². The van der Waals surface area contributed by atoms with Crippen LogP contribution in [-0.2, 0) is 19.1 Å². The van der Waals surface area contributed by atoms with Crippen LogP contribution in [0.4, 0.5) is 0 Å². The molecule has 0 bridgehead atoms. The number of amides is 2. The predicted molar refractivity (Wildman–Crippen MR) is 116 cm³/mol. The normalized spacial score (nSPS) is 16.6. The Morgan fingerprint density at radius 2 is 2.03 bits per heavy atom. The van der Waals surface area contributed by atoms with Gasteiger partial charge < -0.3 is 19.7 Å². The Labute approximate surface area is 187 Å². The molecule has 0 saturated carbocycles. The number of aryl methyl sites for hydroxylation is 1. The maximum Gasteiger partial charge on any atom is 0.308 e. The standard InChI is InChI=1S/C20H26Br2N2O5/c1-12(2)4-7-28-18(26)10-16-20(27)23-5-6-24(16)17(25)11-29-19-13(3)8-14(21)9-15(19)22/h8-9,12,16H,4-7,10-11H2,1-3H3,(H,23,27). The van der Waals surface area contributed by atoms with Crippen LogP contribution in [0.25, 0.3) is 0 Å². The molecule has 9 heteroatoms. The molecule has 160 valence electrons. The zero-order valence-corrected chi connectivity index (χ0v) is 20.0. The van der Waals surface area contributed by atoms with Gasteiger partial charge in [-0.25, -0.2) is 0 Å². The first-order valence-electron chi connectivity index (χ1n) is 9.50. The van der Waals surface area contributed by atoms with E-state index in [0.717, 1.165) is 20.9 Å². The molecule has 29 heavy (non-hydrogen) atoms. The fourth-order valence-electron chi connectivity index (χ4n) is 2.93. The Kier molecular flexibility index (Phi) is 8.95. The molecule has 2 amide bonds. The van der Waals surface area contributed by atoms with Crippen LogP contribution in [0.2, 0.25) is 0 Å². The summed E-state index contributed by atoms with van der Waals surface area (Å²) in [7, 11) is 0. The molecule has 1 aromatic rings. The molecule has 0 radical (unpaired) electrons. The van der Waals surface area contributed by atoms with E-state index >= 15 is 0 Å². The molecule has 1 heterocycles. The number of hydrogen-bond donors (Lipinski definition) is 1. The monoisotopic (exact) mass is 532 g/mol. The number of nitrogens with zero attached hydrogens (tertiary/aromatic N) is 1. The lowest BCUT2D eigenvalue weighted by Gasteiger charge is -2.34. The Bertz CT molecular complexity index is 746. The molecule has 1 saturated heterocycles. The third-order valence-corrected chi connectivity index (χ3v) is 5.55. The minimum atomic E-state index is -0.888. The van der Waals surface area contributed by atoms with E-state index in [-0.39, 0.29) is 24.8 Å². The third-order valence-electron chi connectivity index (χ3n) is 4.50. The SMILES string of the molecule is Cc1cc(Br)cc(Br)c1OCC(=O)N1CCNC(=O)C1CC(=O)OCCC(C)C. The van der Waals surface area contributed by atoms with Crippen molar-refractivity contribution in [3.63, 3.8) is 0 Å². The van der Waals surface area contributed by atoms with Gasteiger partial charge in [-0.1, -0.05) is 29.8 Å². The average Bonchev–Trinajstić information content (AvgIpc) is 2.62. The molecule has 1 aromatic carbocycles.